The van der Waals surface area contributed by atoms with Crippen molar-refractivity contribution in [3.05, 3.63) is 76.4 Å². The highest BCUT2D eigenvalue weighted by atomic mass is 32.1. The van der Waals surface area contributed by atoms with Gasteiger partial charge in [-0.25, -0.2) is 4.79 Å². The van der Waals surface area contributed by atoms with Crippen LogP contribution in [-0.4, -0.2) is 47.5 Å². The van der Waals surface area contributed by atoms with Gasteiger partial charge in [0.15, 0.2) is 0 Å². The zero-order valence-corrected chi connectivity index (χ0v) is 19.1. The number of hydrogen-bond donors (Lipinski definition) is 4. The number of thiazole rings is 1. The molecule has 3 aromatic rings. The van der Waals surface area contributed by atoms with Gasteiger partial charge >= 0.3 is 6.09 Å². The molecule has 1 saturated heterocycles. The fraction of sp³-hybridized carbons (Fsp3) is 0.360. The molecule has 0 saturated carbocycles. The molecule has 0 bridgehead atoms. The molecule has 2 aliphatic heterocycles. The van der Waals surface area contributed by atoms with E-state index in [9.17, 15) is 9.90 Å². The van der Waals surface area contributed by atoms with Gasteiger partial charge in [-0.1, -0.05) is 42.5 Å². The number of rotatable bonds is 6. The lowest BCUT2D eigenvalue weighted by atomic mass is 9.98. The van der Waals surface area contributed by atoms with Crippen molar-refractivity contribution in [1.82, 2.24) is 20.9 Å². The molecule has 33 heavy (non-hydrogen) atoms. The van der Waals surface area contributed by atoms with E-state index < -0.39 is 18.3 Å². The third-order valence-corrected chi connectivity index (χ3v) is 7.15. The first-order chi connectivity index (χ1) is 16.2. The van der Waals surface area contributed by atoms with Crippen molar-refractivity contribution < 1.29 is 14.6 Å². The highest BCUT2D eigenvalue weighted by Crippen LogP contribution is 2.25. The van der Waals surface area contributed by atoms with Gasteiger partial charge in [-0.15, -0.1) is 11.3 Å². The first-order valence-corrected chi connectivity index (χ1v) is 12.2. The molecule has 0 unspecified atom stereocenters. The molecule has 0 radical (unpaired) electrons. The Labute approximate surface area is 197 Å². The number of nitrogens with one attached hydrogen (secondary N) is 3. The Morgan fingerprint density at radius 2 is 2.03 bits per heavy atom. The van der Waals surface area contributed by atoms with E-state index in [0.29, 0.717) is 19.5 Å². The van der Waals surface area contributed by atoms with Gasteiger partial charge in [-0.2, -0.15) is 0 Å². The highest BCUT2D eigenvalue weighted by Gasteiger charge is 2.37. The van der Waals surface area contributed by atoms with E-state index in [1.54, 1.807) is 11.3 Å². The number of hydrogen-bond acceptors (Lipinski definition) is 7. The van der Waals surface area contributed by atoms with Crippen LogP contribution in [0.25, 0.3) is 10.4 Å². The summed E-state index contributed by atoms with van der Waals surface area (Å²) in [6, 6.07) is 14.5. The lowest BCUT2D eigenvalue weighted by Crippen LogP contribution is -2.41. The Kier molecular flexibility index (Phi) is 6.68. The average molecular weight is 465 g/mol. The van der Waals surface area contributed by atoms with Gasteiger partial charge in [-0.05, 0) is 47.2 Å². The van der Waals surface area contributed by atoms with E-state index in [0.717, 1.165) is 41.1 Å². The van der Waals surface area contributed by atoms with Crippen LogP contribution in [0, 0.1) is 0 Å². The highest BCUT2D eigenvalue weighted by molar-refractivity contribution is 7.13. The standard InChI is InChI=1S/C25H28N4O3S/c30-22-13-28-21(10-16-1-4-18(5-2-16)23-14-27-15-33-23)24(22)32-25(31)29-11-17-3-6-20-12-26-8-7-19(20)9-17/h1-6,9,14-15,21-22,24,26,28,30H,7-8,10-13H2,(H,29,31)/t21-,22+,24+/m1/s1. The van der Waals surface area contributed by atoms with Gasteiger partial charge in [0, 0.05) is 25.8 Å². The second-order valence-electron chi connectivity index (χ2n) is 8.60. The second kappa shape index (κ2) is 10.0. The number of ether oxygens (including phenoxy) is 1. The van der Waals surface area contributed by atoms with E-state index in [-0.39, 0.29) is 6.04 Å². The molecule has 4 N–H and O–H groups in total. The van der Waals surface area contributed by atoms with E-state index in [1.807, 2.05) is 17.8 Å². The van der Waals surface area contributed by atoms with Crippen LogP contribution >= 0.6 is 11.3 Å². The summed E-state index contributed by atoms with van der Waals surface area (Å²) in [5.41, 5.74) is 7.77. The van der Waals surface area contributed by atoms with Gasteiger partial charge in [0.2, 0.25) is 0 Å². The number of carbonyl (C=O) groups is 1. The molecular weight excluding hydrogens is 436 g/mol. The smallest absolute Gasteiger partial charge is 0.407 e. The number of alkyl carbamates (subject to hydrolysis) is 1. The largest absolute Gasteiger partial charge is 0.442 e. The Balaban J connectivity index is 1.16. The number of β-amino-alcohol motifs (C(OH)–C–C–N with tert-alkyl or cyclic N) is 1. The van der Waals surface area contributed by atoms with Crippen LogP contribution in [0.3, 0.4) is 0 Å². The lowest BCUT2D eigenvalue weighted by molar-refractivity contribution is 0.0188. The summed E-state index contributed by atoms with van der Waals surface area (Å²) in [6.07, 6.45) is 1.69. The summed E-state index contributed by atoms with van der Waals surface area (Å²) < 4.78 is 5.65. The molecule has 2 aliphatic rings. The molecule has 0 spiro atoms. The summed E-state index contributed by atoms with van der Waals surface area (Å²) in [7, 11) is 0. The first-order valence-electron chi connectivity index (χ1n) is 11.3. The van der Waals surface area contributed by atoms with Gasteiger partial charge in [0.25, 0.3) is 0 Å². The van der Waals surface area contributed by atoms with Gasteiger partial charge in [0.05, 0.1) is 16.4 Å². The first kappa shape index (κ1) is 22.0. The van der Waals surface area contributed by atoms with Crippen LogP contribution in [0.2, 0.25) is 0 Å². The molecule has 1 aromatic heterocycles. The van der Waals surface area contributed by atoms with Crippen molar-refractivity contribution in [2.45, 2.75) is 44.2 Å². The predicted molar refractivity (Wildman–Crippen MR) is 128 cm³/mol. The fourth-order valence-electron chi connectivity index (χ4n) is 4.52. The SMILES string of the molecule is O=C(NCc1ccc2c(c1)CCNC2)O[C@@H]1[C@@H](O)CN[C@@H]1Cc1ccc(-c2cncs2)cc1. The molecule has 172 valence electrons. The summed E-state index contributed by atoms with van der Waals surface area (Å²) in [6.45, 7) is 2.68. The number of benzene rings is 2. The quantitative estimate of drug-likeness (QED) is 0.448. The number of aliphatic hydroxyl groups excluding tert-OH is 1. The Bertz CT molecular complexity index is 1090. The second-order valence-corrected chi connectivity index (χ2v) is 9.49. The van der Waals surface area contributed by atoms with Crippen LogP contribution in [0.15, 0.2) is 54.2 Å². The van der Waals surface area contributed by atoms with Crippen molar-refractivity contribution in [3.63, 3.8) is 0 Å². The maximum Gasteiger partial charge on any atom is 0.407 e. The molecule has 5 rings (SSSR count). The third kappa shape index (κ3) is 5.25. The van der Waals surface area contributed by atoms with E-state index in [2.05, 4.69) is 57.3 Å². The molecule has 7 nitrogen and oxygen atoms in total. The molecule has 8 heteroatoms. The summed E-state index contributed by atoms with van der Waals surface area (Å²) in [4.78, 5) is 17.7. The normalized spacial score (nSPS) is 22.0. The molecule has 2 aromatic carbocycles. The van der Waals surface area contributed by atoms with Crippen molar-refractivity contribution in [2.24, 2.45) is 0 Å². The van der Waals surface area contributed by atoms with E-state index in [1.165, 1.54) is 11.1 Å². The molecule has 3 heterocycles. The molecule has 1 fully saturated rings. The number of amides is 1. The van der Waals surface area contributed by atoms with Crippen LogP contribution in [0.4, 0.5) is 4.79 Å². The predicted octanol–water partition coefficient (Wildman–Crippen LogP) is 2.63. The zero-order valence-electron chi connectivity index (χ0n) is 18.3. The number of fused-ring (bicyclic) bond motifs is 1. The van der Waals surface area contributed by atoms with Gasteiger partial charge in [-0.3, -0.25) is 4.98 Å². The Hall–Kier alpha value is -2.78. The van der Waals surface area contributed by atoms with E-state index >= 15 is 0 Å². The summed E-state index contributed by atoms with van der Waals surface area (Å²) in [5, 5.41) is 19.9. The zero-order chi connectivity index (χ0) is 22.6. The minimum atomic E-state index is -0.728. The van der Waals surface area contributed by atoms with Crippen LogP contribution < -0.4 is 16.0 Å². The molecule has 0 aliphatic carbocycles. The van der Waals surface area contributed by atoms with Crippen molar-refractivity contribution in [3.8, 4) is 10.4 Å². The van der Waals surface area contributed by atoms with Crippen LogP contribution in [0.5, 0.6) is 0 Å². The van der Waals surface area contributed by atoms with E-state index in [4.69, 9.17) is 4.74 Å². The Morgan fingerprint density at radius 3 is 2.85 bits per heavy atom. The number of nitrogens with zero attached hydrogens (tertiary/aromatic N) is 1. The number of aromatic nitrogens is 1. The Morgan fingerprint density at radius 1 is 1.18 bits per heavy atom. The maximum atomic E-state index is 12.5. The number of carbonyl (C=O) groups excluding carboxylic acids is 1. The fourth-order valence-corrected chi connectivity index (χ4v) is 5.15. The molecule has 3 atom stereocenters. The average Bonchev–Trinajstić information content (AvgIpc) is 3.50. The summed E-state index contributed by atoms with van der Waals surface area (Å²) >= 11 is 1.61. The minimum Gasteiger partial charge on any atom is -0.442 e. The van der Waals surface area contributed by atoms with Crippen molar-refractivity contribution >= 4 is 17.4 Å². The topological polar surface area (TPSA) is 95.5 Å². The van der Waals surface area contributed by atoms with Crippen molar-refractivity contribution in [2.75, 3.05) is 13.1 Å². The van der Waals surface area contributed by atoms with Gasteiger partial charge < -0.3 is 25.8 Å². The lowest BCUT2D eigenvalue weighted by Gasteiger charge is -2.22. The monoisotopic (exact) mass is 464 g/mol. The molecule has 1 amide bonds. The third-order valence-electron chi connectivity index (χ3n) is 6.33. The summed E-state index contributed by atoms with van der Waals surface area (Å²) in [5.74, 6) is 0. The van der Waals surface area contributed by atoms with Crippen LogP contribution in [-0.2, 0) is 30.7 Å². The molecular formula is C25H28N4O3S. The number of aliphatic hydroxyl groups is 1. The van der Waals surface area contributed by atoms with Crippen molar-refractivity contribution in [1.29, 1.82) is 0 Å². The minimum absolute atomic E-state index is 0.142. The van der Waals surface area contributed by atoms with Gasteiger partial charge in [0.1, 0.15) is 12.2 Å². The van der Waals surface area contributed by atoms with Crippen LogP contribution in [0.1, 0.15) is 22.3 Å². The maximum absolute atomic E-state index is 12.5.